The number of rotatable bonds is 4. The zero-order valence-electron chi connectivity index (χ0n) is 12.9. The Bertz CT molecular complexity index is 485. The molecule has 1 N–H and O–H groups in total. The molecule has 1 aromatic rings. The number of hydrogen-bond donors (Lipinski definition) is 1. The van der Waals surface area contributed by atoms with E-state index in [0.29, 0.717) is 0 Å². The van der Waals surface area contributed by atoms with E-state index in [0.717, 1.165) is 23.2 Å². The van der Waals surface area contributed by atoms with E-state index >= 15 is 0 Å². The zero-order valence-corrected chi connectivity index (χ0v) is 14.5. The summed E-state index contributed by atoms with van der Waals surface area (Å²) in [6.45, 7) is 9.24. The van der Waals surface area contributed by atoms with Crippen LogP contribution >= 0.6 is 15.9 Å². The van der Waals surface area contributed by atoms with Crippen LogP contribution in [0.15, 0.2) is 22.7 Å². The molecule has 0 aliphatic carbocycles. The summed E-state index contributed by atoms with van der Waals surface area (Å²) in [6, 6.07) is 6.13. The highest BCUT2D eigenvalue weighted by Crippen LogP contribution is 2.39. The van der Waals surface area contributed by atoms with E-state index in [1.165, 1.54) is 5.56 Å². The molecule has 0 bridgehead atoms. The van der Waals surface area contributed by atoms with E-state index in [-0.39, 0.29) is 17.3 Å². The maximum atomic E-state index is 6.19. The minimum Gasteiger partial charge on any atom is -0.487 e. The van der Waals surface area contributed by atoms with Crippen LogP contribution in [0.2, 0.25) is 0 Å². The fourth-order valence-electron chi connectivity index (χ4n) is 2.81. The van der Waals surface area contributed by atoms with E-state index in [1.807, 2.05) is 19.2 Å². The van der Waals surface area contributed by atoms with Crippen LogP contribution in [0, 0.1) is 0 Å². The smallest absolute Gasteiger partial charge is 0.130 e. The monoisotopic (exact) mass is 341 g/mol. The molecule has 1 heterocycles. The fourth-order valence-corrected chi connectivity index (χ4v) is 3.20. The SMILES string of the molecule is CNCc1cc(OC2CC(C)(C)OC2(C)C)ccc1Br. The van der Waals surface area contributed by atoms with Gasteiger partial charge in [-0.15, -0.1) is 0 Å². The highest BCUT2D eigenvalue weighted by molar-refractivity contribution is 9.10. The lowest BCUT2D eigenvalue weighted by atomic mass is 9.97. The van der Waals surface area contributed by atoms with Crippen LogP contribution in [0.5, 0.6) is 5.75 Å². The van der Waals surface area contributed by atoms with Crippen molar-refractivity contribution in [2.45, 2.75) is 58.0 Å². The van der Waals surface area contributed by atoms with E-state index in [2.05, 4.69) is 55.0 Å². The molecule has 20 heavy (non-hydrogen) atoms. The van der Waals surface area contributed by atoms with Crippen LogP contribution in [-0.4, -0.2) is 24.4 Å². The molecule has 0 spiro atoms. The molecule has 4 heteroatoms. The summed E-state index contributed by atoms with van der Waals surface area (Å²) in [5.74, 6) is 0.901. The number of hydrogen-bond acceptors (Lipinski definition) is 3. The Balaban J connectivity index is 2.16. The lowest BCUT2D eigenvalue weighted by Crippen LogP contribution is -2.36. The van der Waals surface area contributed by atoms with Gasteiger partial charge in [-0.3, -0.25) is 0 Å². The molecule has 0 aromatic heterocycles. The Morgan fingerprint density at radius 3 is 2.60 bits per heavy atom. The predicted octanol–water partition coefficient (Wildman–Crippen LogP) is 3.89. The quantitative estimate of drug-likeness (QED) is 0.900. The third-order valence-electron chi connectivity index (χ3n) is 3.65. The Hall–Kier alpha value is -0.580. The number of ether oxygens (including phenoxy) is 2. The largest absolute Gasteiger partial charge is 0.487 e. The van der Waals surface area contributed by atoms with Crippen molar-refractivity contribution in [1.82, 2.24) is 5.32 Å². The summed E-state index contributed by atoms with van der Waals surface area (Å²) in [7, 11) is 1.94. The topological polar surface area (TPSA) is 30.5 Å². The van der Waals surface area contributed by atoms with Gasteiger partial charge in [0.2, 0.25) is 0 Å². The molecule has 0 amide bonds. The highest BCUT2D eigenvalue weighted by atomic mass is 79.9. The summed E-state index contributed by atoms with van der Waals surface area (Å²) in [4.78, 5) is 0. The van der Waals surface area contributed by atoms with Crippen molar-refractivity contribution in [1.29, 1.82) is 0 Å². The third-order valence-corrected chi connectivity index (χ3v) is 4.43. The summed E-state index contributed by atoms with van der Waals surface area (Å²) in [6.07, 6.45) is 0.971. The molecule has 2 rings (SSSR count). The molecule has 0 saturated carbocycles. The number of nitrogens with one attached hydrogen (secondary N) is 1. The molecule has 3 nitrogen and oxygen atoms in total. The highest BCUT2D eigenvalue weighted by Gasteiger charge is 2.47. The zero-order chi connectivity index (χ0) is 15.0. The second-order valence-electron chi connectivity index (χ2n) is 6.56. The van der Waals surface area contributed by atoms with Gasteiger partial charge in [-0.05, 0) is 58.5 Å². The molecule has 1 atom stereocenters. The van der Waals surface area contributed by atoms with Gasteiger partial charge in [-0.25, -0.2) is 0 Å². The summed E-state index contributed by atoms with van der Waals surface area (Å²) in [5.41, 5.74) is 0.804. The van der Waals surface area contributed by atoms with Gasteiger partial charge in [-0.1, -0.05) is 15.9 Å². The molecule has 112 valence electrons. The molecular formula is C16H24BrNO2. The van der Waals surface area contributed by atoms with E-state index in [1.54, 1.807) is 0 Å². The lowest BCUT2D eigenvalue weighted by molar-refractivity contribution is -0.0846. The molecule has 0 radical (unpaired) electrons. The molecule has 1 saturated heterocycles. The molecular weight excluding hydrogens is 318 g/mol. The Morgan fingerprint density at radius 1 is 1.35 bits per heavy atom. The average Bonchev–Trinajstić information content (AvgIpc) is 2.51. The van der Waals surface area contributed by atoms with Crippen molar-refractivity contribution in [2.24, 2.45) is 0 Å². The molecule has 1 aromatic carbocycles. The van der Waals surface area contributed by atoms with Crippen LogP contribution in [0.25, 0.3) is 0 Å². The average molecular weight is 342 g/mol. The van der Waals surface area contributed by atoms with Crippen LogP contribution in [0.3, 0.4) is 0 Å². The van der Waals surface area contributed by atoms with Gasteiger partial charge in [-0.2, -0.15) is 0 Å². The van der Waals surface area contributed by atoms with Gasteiger partial charge in [0.1, 0.15) is 17.5 Å². The van der Waals surface area contributed by atoms with Crippen LogP contribution < -0.4 is 10.1 Å². The van der Waals surface area contributed by atoms with Crippen molar-refractivity contribution < 1.29 is 9.47 Å². The van der Waals surface area contributed by atoms with Gasteiger partial charge in [0.15, 0.2) is 0 Å². The Morgan fingerprint density at radius 2 is 2.05 bits per heavy atom. The van der Waals surface area contributed by atoms with Crippen LogP contribution in [-0.2, 0) is 11.3 Å². The van der Waals surface area contributed by atoms with Gasteiger partial charge in [0.25, 0.3) is 0 Å². The van der Waals surface area contributed by atoms with Crippen LogP contribution in [0.4, 0.5) is 0 Å². The maximum absolute atomic E-state index is 6.19. The molecule has 1 unspecified atom stereocenters. The fraction of sp³-hybridized carbons (Fsp3) is 0.625. The van der Waals surface area contributed by atoms with Gasteiger partial charge in [0, 0.05) is 17.4 Å². The predicted molar refractivity (Wildman–Crippen MR) is 85.2 cm³/mol. The number of benzene rings is 1. The van der Waals surface area contributed by atoms with E-state index < -0.39 is 0 Å². The minimum absolute atomic E-state index is 0.0705. The second-order valence-corrected chi connectivity index (χ2v) is 7.41. The van der Waals surface area contributed by atoms with Crippen molar-refractivity contribution in [2.75, 3.05) is 7.05 Å². The van der Waals surface area contributed by atoms with E-state index in [4.69, 9.17) is 9.47 Å². The molecule has 1 aliphatic rings. The summed E-state index contributed by atoms with van der Waals surface area (Å²) >= 11 is 3.56. The maximum Gasteiger partial charge on any atom is 0.130 e. The van der Waals surface area contributed by atoms with Gasteiger partial charge in [0.05, 0.1) is 5.60 Å². The van der Waals surface area contributed by atoms with Gasteiger partial charge >= 0.3 is 0 Å². The minimum atomic E-state index is -0.264. The van der Waals surface area contributed by atoms with Crippen molar-refractivity contribution in [3.8, 4) is 5.75 Å². The molecule has 1 fully saturated rings. The van der Waals surface area contributed by atoms with Crippen LogP contribution in [0.1, 0.15) is 39.7 Å². The second kappa shape index (κ2) is 5.66. The Kier molecular flexibility index (Phi) is 4.47. The summed E-state index contributed by atoms with van der Waals surface area (Å²) < 4.78 is 13.4. The van der Waals surface area contributed by atoms with Crippen molar-refractivity contribution in [3.05, 3.63) is 28.2 Å². The first-order valence-electron chi connectivity index (χ1n) is 7.03. The van der Waals surface area contributed by atoms with Crippen molar-refractivity contribution in [3.63, 3.8) is 0 Å². The third kappa shape index (κ3) is 3.54. The normalized spacial score (nSPS) is 23.8. The van der Waals surface area contributed by atoms with Crippen molar-refractivity contribution >= 4 is 15.9 Å². The number of halogens is 1. The van der Waals surface area contributed by atoms with E-state index in [9.17, 15) is 0 Å². The lowest BCUT2D eigenvalue weighted by Gasteiger charge is -2.27. The standard InChI is InChI=1S/C16H24BrNO2/c1-15(2)9-14(16(3,4)20-15)19-12-6-7-13(17)11(8-12)10-18-5/h6-8,14,18H,9-10H2,1-5H3. The first-order chi connectivity index (χ1) is 9.23. The first kappa shape index (κ1) is 15.8. The Labute approximate surface area is 130 Å². The van der Waals surface area contributed by atoms with Gasteiger partial charge < -0.3 is 14.8 Å². The summed E-state index contributed by atoms with van der Waals surface area (Å²) in [5, 5.41) is 3.16. The first-order valence-corrected chi connectivity index (χ1v) is 7.83. The molecule has 1 aliphatic heterocycles.